The summed E-state index contributed by atoms with van der Waals surface area (Å²) >= 11 is 0. The van der Waals surface area contributed by atoms with Crippen LogP contribution in [0.2, 0.25) is 0 Å². The highest BCUT2D eigenvalue weighted by atomic mass is 15.0. The molecule has 1 heterocycles. The molecule has 190 valence electrons. The van der Waals surface area contributed by atoms with Crippen molar-refractivity contribution in [2.24, 2.45) is 0 Å². The molecular formula is C39H29N. The van der Waals surface area contributed by atoms with E-state index in [1.807, 2.05) is 6.08 Å². The fraction of sp³-hybridized carbons (Fsp3) is 0.0256. The Morgan fingerprint density at radius 3 is 1.62 bits per heavy atom. The van der Waals surface area contributed by atoms with Crippen LogP contribution in [0.1, 0.15) is 18.2 Å². The third-order valence-electron chi connectivity index (χ3n) is 7.87. The van der Waals surface area contributed by atoms with Gasteiger partial charge in [-0.15, -0.1) is 0 Å². The quantitative estimate of drug-likeness (QED) is 0.203. The number of para-hydroxylation sites is 1. The molecule has 0 unspecified atom stereocenters. The zero-order valence-electron chi connectivity index (χ0n) is 22.5. The molecule has 0 amide bonds. The minimum absolute atomic E-state index is 1.14. The molecule has 0 aliphatic rings. The Morgan fingerprint density at radius 1 is 0.550 bits per heavy atom. The van der Waals surface area contributed by atoms with Crippen molar-refractivity contribution < 1.29 is 0 Å². The molecular weight excluding hydrogens is 482 g/mol. The lowest BCUT2D eigenvalue weighted by atomic mass is 9.85. The largest absolute Gasteiger partial charge is 0.309 e. The van der Waals surface area contributed by atoms with E-state index >= 15 is 0 Å². The molecule has 0 saturated heterocycles. The minimum Gasteiger partial charge on any atom is -0.309 e. The van der Waals surface area contributed by atoms with Gasteiger partial charge in [0.25, 0.3) is 0 Å². The van der Waals surface area contributed by atoms with Gasteiger partial charge in [0.1, 0.15) is 0 Å². The number of rotatable bonds is 5. The molecule has 7 aromatic rings. The van der Waals surface area contributed by atoms with E-state index < -0.39 is 0 Å². The first-order valence-electron chi connectivity index (χ1n) is 13.8. The van der Waals surface area contributed by atoms with Crippen LogP contribution in [0, 0.1) is 0 Å². The van der Waals surface area contributed by atoms with Gasteiger partial charge in [-0.2, -0.15) is 0 Å². The van der Waals surface area contributed by atoms with E-state index in [0.29, 0.717) is 0 Å². The molecule has 0 radical (unpaired) electrons. The lowest BCUT2D eigenvalue weighted by Crippen LogP contribution is -1.96. The summed E-state index contributed by atoms with van der Waals surface area (Å²) in [6.45, 7) is 6.30. The molecule has 1 heteroatoms. The average Bonchev–Trinajstić information content (AvgIpc) is 3.33. The van der Waals surface area contributed by atoms with E-state index in [1.165, 1.54) is 54.7 Å². The van der Waals surface area contributed by atoms with Crippen LogP contribution in [-0.2, 0) is 0 Å². The van der Waals surface area contributed by atoms with Gasteiger partial charge < -0.3 is 4.57 Å². The second-order valence-corrected chi connectivity index (χ2v) is 10.1. The first-order valence-corrected chi connectivity index (χ1v) is 13.8. The van der Waals surface area contributed by atoms with Crippen molar-refractivity contribution in [1.29, 1.82) is 0 Å². The molecule has 7 rings (SSSR count). The smallest absolute Gasteiger partial charge is 0.0541 e. The van der Waals surface area contributed by atoms with Gasteiger partial charge in [-0.25, -0.2) is 0 Å². The summed E-state index contributed by atoms with van der Waals surface area (Å²) in [6, 6.07) is 45.9. The standard InChI is InChI=1S/C39H29N/c1-3-15-36-30(4-2)35-26-28(24-25-37(35)40(36)29-18-9-6-10-19-29)39-33-22-13-11-20-31(33)38(27-16-7-5-8-17-27)32-21-12-14-23-34(32)39/h3-26H,2H2,1H3/b15-3-. The van der Waals surface area contributed by atoms with Crippen LogP contribution in [0.15, 0.2) is 140 Å². The fourth-order valence-corrected chi connectivity index (χ4v) is 6.24. The monoisotopic (exact) mass is 511 g/mol. The molecule has 6 aromatic carbocycles. The van der Waals surface area contributed by atoms with Gasteiger partial charge in [-0.3, -0.25) is 0 Å². The first kappa shape index (κ1) is 23.9. The van der Waals surface area contributed by atoms with Crippen LogP contribution in [0.25, 0.3) is 72.5 Å². The van der Waals surface area contributed by atoms with E-state index in [0.717, 1.165) is 16.9 Å². The number of allylic oxidation sites excluding steroid dienone is 1. The summed E-state index contributed by atoms with van der Waals surface area (Å²) in [4.78, 5) is 0. The number of benzene rings is 6. The van der Waals surface area contributed by atoms with Crippen molar-refractivity contribution in [1.82, 2.24) is 4.57 Å². The highest BCUT2D eigenvalue weighted by molar-refractivity contribution is 6.21. The minimum atomic E-state index is 1.14. The molecule has 40 heavy (non-hydrogen) atoms. The maximum absolute atomic E-state index is 4.23. The average molecular weight is 512 g/mol. The second kappa shape index (κ2) is 9.87. The second-order valence-electron chi connectivity index (χ2n) is 10.1. The summed E-state index contributed by atoms with van der Waals surface area (Å²) in [5.41, 5.74) is 9.61. The molecule has 0 fully saturated rings. The van der Waals surface area contributed by atoms with Crippen molar-refractivity contribution in [3.8, 4) is 27.9 Å². The predicted molar refractivity (Wildman–Crippen MR) is 174 cm³/mol. The molecule has 0 saturated carbocycles. The van der Waals surface area contributed by atoms with Gasteiger partial charge in [0.05, 0.1) is 11.2 Å². The summed E-state index contributed by atoms with van der Waals surface area (Å²) in [6.07, 6.45) is 6.28. The number of hydrogen-bond acceptors (Lipinski definition) is 0. The molecule has 1 nitrogen and oxygen atoms in total. The molecule has 0 aliphatic carbocycles. The van der Waals surface area contributed by atoms with E-state index in [-0.39, 0.29) is 0 Å². The van der Waals surface area contributed by atoms with Crippen LogP contribution >= 0.6 is 0 Å². The van der Waals surface area contributed by atoms with Crippen LogP contribution in [0.3, 0.4) is 0 Å². The van der Waals surface area contributed by atoms with Crippen molar-refractivity contribution in [3.05, 3.63) is 151 Å². The molecule has 0 atom stereocenters. The van der Waals surface area contributed by atoms with E-state index in [9.17, 15) is 0 Å². The van der Waals surface area contributed by atoms with Crippen LogP contribution in [0.4, 0.5) is 0 Å². The van der Waals surface area contributed by atoms with E-state index in [4.69, 9.17) is 0 Å². The summed E-state index contributed by atoms with van der Waals surface area (Å²) in [5.74, 6) is 0. The number of fused-ring (bicyclic) bond motifs is 3. The number of nitrogens with zero attached hydrogens (tertiary/aromatic N) is 1. The van der Waals surface area contributed by atoms with E-state index in [1.54, 1.807) is 0 Å². The summed E-state index contributed by atoms with van der Waals surface area (Å²) in [5, 5.41) is 6.25. The molecule has 0 N–H and O–H groups in total. The Bertz CT molecular complexity index is 2000. The lowest BCUT2D eigenvalue weighted by molar-refractivity contribution is 1.10. The molecule has 0 bridgehead atoms. The third kappa shape index (κ3) is 3.71. The van der Waals surface area contributed by atoms with Crippen molar-refractivity contribution in [2.45, 2.75) is 6.92 Å². The van der Waals surface area contributed by atoms with Crippen LogP contribution in [-0.4, -0.2) is 4.57 Å². The van der Waals surface area contributed by atoms with Crippen molar-refractivity contribution >= 4 is 44.6 Å². The lowest BCUT2D eigenvalue weighted by Gasteiger charge is -2.18. The highest BCUT2D eigenvalue weighted by Gasteiger charge is 2.19. The van der Waals surface area contributed by atoms with Gasteiger partial charge in [0.2, 0.25) is 0 Å². The molecule has 1 aromatic heterocycles. The van der Waals surface area contributed by atoms with Crippen molar-refractivity contribution in [2.75, 3.05) is 0 Å². The Kier molecular flexibility index (Phi) is 5.91. The fourth-order valence-electron chi connectivity index (χ4n) is 6.24. The molecule has 0 aliphatic heterocycles. The topological polar surface area (TPSA) is 4.93 Å². The van der Waals surface area contributed by atoms with Gasteiger partial charge in [0, 0.05) is 16.6 Å². The van der Waals surface area contributed by atoms with E-state index in [2.05, 4.69) is 158 Å². The van der Waals surface area contributed by atoms with Crippen LogP contribution in [0.5, 0.6) is 0 Å². The van der Waals surface area contributed by atoms with Crippen molar-refractivity contribution in [3.63, 3.8) is 0 Å². The Morgan fingerprint density at radius 2 is 1.07 bits per heavy atom. The maximum Gasteiger partial charge on any atom is 0.0541 e. The Hall–Kier alpha value is -5.14. The Labute approximate surface area is 235 Å². The number of aromatic nitrogens is 1. The zero-order valence-corrected chi connectivity index (χ0v) is 22.5. The zero-order chi connectivity index (χ0) is 27.1. The third-order valence-corrected chi connectivity index (χ3v) is 7.87. The molecule has 0 spiro atoms. The van der Waals surface area contributed by atoms with Gasteiger partial charge >= 0.3 is 0 Å². The number of hydrogen-bond donors (Lipinski definition) is 0. The predicted octanol–water partition coefficient (Wildman–Crippen LogP) is 10.9. The summed E-state index contributed by atoms with van der Waals surface area (Å²) in [7, 11) is 0. The maximum atomic E-state index is 4.23. The normalized spacial score (nSPS) is 11.6. The van der Waals surface area contributed by atoms with Crippen LogP contribution < -0.4 is 0 Å². The SMILES string of the molecule is C=Cc1c(/C=C\C)n(-c2ccccc2)c2ccc(-c3c4ccccc4c(-c4ccccc4)c4ccccc34)cc12. The highest BCUT2D eigenvalue weighted by Crippen LogP contribution is 2.44. The van der Waals surface area contributed by atoms with Gasteiger partial charge in [-0.05, 0) is 81.1 Å². The summed E-state index contributed by atoms with van der Waals surface area (Å²) < 4.78 is 2.34. The first-order chi connectivity index (χ1) is 19.8. The van der Waals surface area contributed by atoms with Gasteiger partial charge in [0.15, 0.2) is 0 Å². The van der Waals surface area contributed by atoms with Gasteiger partial charge in [-0.1, -0.05) is 122 Å². The Balaban J connectivity index is 1.58.